The molecule has 1 saturated heterocycles. The standard InChI is InChI=1S/C6H11NO3/c1-10-6(9)7-4-2-3-5(7)8/h5,8H,2-4H2,1H3. The first kappa shape index (κ1) is 7.34. The lowest BCUT2D eigenvalue weighted by Gasteiger charge is -2.17. The molecule has 0 aliphatic carbocycles. The number of amides is 1. The fraction of sp³-hybridized carbons (Fsp3) is 0.833. The van der Waals surface area contributed by atoms with Crippen LogP contribution in [0, 0.1) is 0 Å². The van der Waals surface area contributed by atoms with E-state index in [4.69, 9.17) is 5.11 Å². The second-order valence-corrected chi connectivity index (χ2v) is 2.29. The number of likely N-dealkylation sites (tertiary alicyclic amines) is 1. The molecule has 4 heteroatoms. The first-order chi connectivity index (χ1) is 4.75. The highest BCUT2D eigenvalue weighted by Gasteiger charge is 2.26. The van der Waals surface area contributed by atoms with Crippen molar-refractivity contribution >= 4 is 6.09 Å². The van der Waals surface area contributed by atoms with Crippen molar-refractivity contribution in [3.63, 3.8) is 0 Å². The molecule has 10 heavy (non-hydrogen) atoms. The smallest absolute Gasteiger partial charge is 0.411 e. The van der Waals surface area contributed by atoms with Crippen LogP contribution in [0.3, 0.4) is 0 Å². The summed E-state index contributed by atoms with van der Waals surface area (Å²) < 4.78 is 4.43. The molecule has 1 aliphatic heterocycles. The fourth-order valence-electron chi connectivity index (χ4n) is 1.08. The Balaban J connectivity index is 2.46. The van der Waals surface area contributed by atoms with Crippen molar-refractivity contribution in [2.75, 3.05) is 13.7 Å². The predicted octanol–water partition coefficient (Wildman–Crippen LogP) is 0.167. The van der Waals surface area contributed by atoms with Crippen LogP contribution < -0.4 is 0 Å². The van der Waals surface area contributed by atoms with Gasteiger partial charge in [0.25, 0.3) is 0 Å². The Hall–Kier alpha value is -0.770. The van der Waals surface area contributed by atoms with Crippen LogP contribution in [0.2, 0.25) is 0 Å². The number of hydrogen-bond acceptors (Lipinski definition) is 3. The van der Waals surface area contributed by atoms with E-state index in [1.165, 1.54) is 12.0 Å². The van der Waals surface area contributed by atoms with Gasteiger partial charge in [-0.3, -0.25) is 4.90 Å². The summed E-state index contributed by atoms with van der Waals surface area (Å²) in [6.45, 7) is 0.605. The van der Waals surface area contributed by atoms with Gasteiger partial charge in [0.2, 0.25) is 0 Å². The van der Waals surface area contributed by atoms with E-state index in [1.807, 2.05) is 0 Å². The average molecular weight is 145 g/mol. The molecule has 0 radical (unpaired) electrons. The lowest BCUT2D eigenvalue weighted by atomic mass is 10.4. The maximum atomic E-state index is 10.8. The zero-order chi connectivity index (χ0) is 7.56. The van der Waals surface area contributed by atoms with Gasteiger partial charge < -0.3 is 9.84 Å². The normalized spacial score (nSPS) is 25.0. The minimum absolute atomic E-state index is 0.440. The van der Waals surface area contributed by atoms with E-state index in [-0.39, 0.29) is 0 Å². The van der Waals surface area contributed by atoms with Crippen molar-refractivity contribution in [2.45, 2.75) is 19.1 Å². The summed E-state index contributed by atoms with van der Waals surface area (Å²) in [4.78, 5) is 12.1. The molecule has 1 rings (SSSR count). The van der Waals surface area contributed by atoms with Crippen molar-refractivity contribution in [3.8, 4) is 0 Å². The van der Waals surface area contributed by atoms with Crippen LogP contribution in [0.15, 0.2) is 0 Å². The van der Waals surface area contributed by atoms with Crippen LogP contribution in [0.25, 0.3) is 0 Å². The number of aliphatic hydroxyl groups is 1. The van der Waals surface area contributed by atoms with Gasteiger partial charge in [-0.05, 0) is 12.8 Å². The highest BCUT2D eigenvalue weighted by molar-refractivity contribution is 5.67. The maximum absolute atomic E-state index is 10.8. The number of carbonyl (C=O) groups excluding carboxylic acids is 1. The SMILES string of the molecule is COC(=O)N1CCCC1O. The highest BCUT2D eigenvalue weighted by Crippen LogP contribution is 2.14. The molecule has 1 aliphatic rings. The molecule has 0 aromatic rings. The predicted molar refractivity (Wildman–Crippen MR) is 34.4 cm³/mol. The van der Waals surface area contributed by atoms with E-state index in [1.54, 1.807) is 0 Å². The summed E-state index contributed by atoms with van der Waals surface area (Å²) in [7, 11) is 1.31. The van der Waals surface area contributed by atoms with Crippen LogP contribution in [0.4, 0.5) is 4.79 Å². The summed E-state index contributed by atoms with van der Waals surface area (Å²) in [5.74, 6) is 0. The van der Waals surface area contributed by atoms with Gasteiger partial charge in [-0.1, -0.05) is 0 Å². The molecule has 0 aromatic heterocycles. The van der Waals surface area contributed by atoms with Gasteiger partial charge in [0.1, 0.15) is 6.23 Å². The lowest BCUT2D eigenvalue weighted by molar-refractivity contribution is 0.0329. The minimum Gasteiger partial charge on any atom is -0.453 e. The van der Waals surface area contributed by atoms with Crippen LogP contribution in [0.1, 0.15) is 12.8 Å². The fourth-order valence-corrected chi connectivity index (χ4v) is 1.08. The first-order valence-corrected chi connectivity index (χ1v) is 3.28. The van der Waals surface area contributed by atoms with E-state index < -0.39 is 12.3 Å². The Labute approximate surface area is 59.4 Å². The van der Waals surface area contributed by atoms with Gasteiger partial charge in [0, 0.05) is 6.54 Å². The van der Waals surface area contributed by atoms with Crippen LogP contribution in [0.5, 0.6) is 0 Å². The zero-order valence-corrected chi connectivity index (χ0v) is 5.91. The van der Waals surface area contributed by atoms with Crippen LogP contribution in [-0.2, 0) is 4.74 Å². The third kappa shape index (κ3) is 1.21. The van der Waals surface area contributed by atoms with E-state index in [0.29, 0.717) is 13.0 Å². The van der Waals surface area contributed by atoms with Gasteiger partial charge in [-0.2, -0.15) is 0 Å². The molecule has 1 heterocycles. The molecule has 1 amide bonds. The van der Waals surface area contributed by atoms with Crippen molar-refractivity contribution in [3.05, 3.63) is 0 Å². The first-order valence-electron chi connectivity index (χ1n) is 3.28. The van der Waals surface area contributed by atoms with Crippen molar-refractivity contribution in [2.24, 2.45) is 0 Å². The maximum Gasteiger partial charge on any atom is 0.411 e. The average Bonchev–Trinajstić information content (AvgIpc) is 2.34. The minimum atomic E-state index is -0.632. The van der Waals surface area contributed by atoms with Gasteiger partial charge >= 0.3 is 6.09 Å². The van der Waals surface area contributed by atoms with Crippen LogP contribution in [-0.4, -0.2) is 36.0 Å². The van der Waals surface area contributed by atoms with E-state index in [0.717, 1.165) is 6.42 Å². The highest BCUT2D eigenvalue weighted by atomic mass is 16.5. The molecule has 0 saturated carbocycles. The number of nitrogens with zero attached hydrogens (tertiary/aromatic N) is 1. The van der Waals surface area contributed by atoms with Gasteiger partial charge in [-0.25, -0.2) is 4.79 Å². The monoisotopic (exact) mass is 145 g/mol. The number of methoxy groups -OCH3 is 1. The zero-order valence-electron chi connectivity index (χ0n) is 5.91. The molecule has 1 fully saturated rings. The Morgan fingerprint density at radius 1 is 1.80 bits per heavy atom. The van der Waals surface area contributed by atoms with E-state index in [9.17, 15) is 4.79 Å². The largest absolute Gasteiger partial charge is 0.453 e. The molecule has 58 valence electrons. The molecule has 1 atom stereocenters. The second kappa shape index (κ2) is 2.88. The molecule has 0 spiro atoms. The molecular formula is C6H11NO3. The van der Waals surface area contributed by atoms with E-state index >= 15 is 0 Å². The molecule has 0 aromatic carbocycles. The quantitative estimate of drug-likeness (QED) is 0.528. The molecular weight excluding hydrogens is 134 g/mol. The summed E-state index contributed by atoms with van der Waals surface area (Å²) in [6, 6.07) is 0. The van der Waals surface area contributed by atoms with E-state index in [2.05, 4.69) is 4.74 Å². The third-order valence-electron chi connectivity index (χ3n) is 1.63. The van der Waals surface area contributed by atoms with Crippen molar-refractivity contribution < 1.29 is 14.6 Å². The molecule has 0 bridgehead atoms. The summed E-state index contributed by atoms with van der Waals surface area (Å²) in [5, 5.41) is 9.12. The summed E-state index contributed by atoms with van der Waals surface area (Å²) >= 11 is 0. The number of rotatable bonds is 0. The number of carbonyl (C=O) groups is 1. The molecule has 4 nitrogen and oxygen atoms in total. The number of aliphatic hydroxyl groups excluding tert-OH is 1. The van der Waals surface area contributed by atoms with Crippen molar-refractivity contribution in [1.82, 2.24) is 4.90 Å². The summed E-state index contributed by atoms with van der Waals surface area (Å²) in [6.07, 6.45) is 0.447. The third-order valence-corrected chi connectivity index (χ3v) is 1.63. The van der Waals surface area contributed by atoms with Crippen molar-refractivity contribution in [1.29, 1.82) is 0 Å². The second-order valence-electron chi connectivity index (χ2n) is 2.29. The topological polar surface area (TPSA) is 49.8 Å². The Morgan fingerprint density at radius 2 is 2.50 bits per heavy atom. The summed E-state index contributed by atoms with van der Waals surface area (Å²) in [5.41, 5.74) is 0. The number of ether oxygens (including phenoxy) is 1. The van der Waals surface area contributed by atoms with Crippen LogP contribution >= 0.6 is 0 Å². The molecule has 1 N–H and O–H groups in total. The Bertz CT molecular complexity index is 137. The number of hydrogen-bond donors (Lipinski definition) is 1. The van der Waals surface area contributed by atoms with Gasteiger partial charge in [0.15, 0.2) is 0 Å². The van der Waals surface area contributed by atoms with Gasteiger partial charge in [0.05, 0.1) is 7.11 Å². The molecule has 1 unspecified atom stereocenters. The Morgan fingerprint density at radius 3 is 2.90 bits per heavy atom. The van der Waals surface area contributed by atoms with Gasteiger partial charge in [-0.15, -0.1) is 0 Å². The lowest BCUT2D eigenvalue weighted by Crippen LogP contribution is -2.34. The Kier molecular flexibility index (Phi) is 2.11.